The Morgan fingerprint density at radius 1 is 1.41 bits per heavy atom. The highest BCUT2D eigenvalue weighted by atomic mass is 32.1. The molecule has 0 aliphatic carbocycles. The van der Waals surface area contributed by atoms with Gasteiger partial charge in [0.2, 0.25) is 5.91 Å². The molecule has 0 unspecified atom stereocenters. The second-order valence-electron chi connectivity index (χ2n) is 4.14. The second kappa shape index (κ2) is 5.31. The summed E-state index contributed by atoms with van der Waals surface area (Å²) in [5, 5.41) is 12.3. The summed E-state index contributed by atoms with van der Waals surface area (Å²) in [5.41, 5.74) is 1.05. The number of hydrogen-bond donors (Lipinski definition) is 2. The molecular formula is C12H17NO3S. The van der Waals surface area contributed by atoms with Crippen LogP contribution in [0.4, 0.5) is 5.00 Å². The van der Waals surface area contributed by atoms with Crippen LogP contribution in [0.15, 0.2) is 0 Å². The van der Waals surface area contributed by atoms with Crippen molar-refractivity contribution in [3.05, 3.63) is 16.0 Å². The topological polar surface area (TPSA) is 66.4 Å². The number of thiophene rings is 1. The molecule has 0 atom stereocenters. The minimum Gasteiger partial charge on any atom is -0.478 e. The van der Waals surface area contributed by atoms with Crippen LogP contribution in [0.5, 0.6) is 0 Å². The van der Waals surface area contributed by atoms with Gasteiger partial charge in [-0.15, -0.1) is 11.3 Å². The highest BCUT2D eigenvalue weighted by molar-refractivity contribution is 7.16. The SMILES string of the molecule is CCc1c(C)sc(NC(=O)C(C)C)c1C(=O)O. The average molecular weight is 255 g/mol. The Balaban J connectivity index is 3.16. The Bertz CT molecular complexity index is 449. The molecule has 1 heterocycles. The van der Waals surface area contributed by atoms with Crippen LogP contribution in [-0.2, 0) is 11.2 Å². The molecule has 0 saturated heterocycles. The first-order valence-corrected chi connectivity index (χ1v) is 6.36. The number of carbonyl (C=O) groups excluding carboxylic acids is 1. The zero-order valence-electron chi connectivity index (χ0n) is 10.5. The van der Waals surface area contributed by atoms with Crippen molar-refractivity contribution in [3.63, 3.8) is 0 Å². The van der Waals surface area contributed by atoms with Gasteiger partial charge in [0.25, 0.3) is 0 Å². The summed E-state index contributed by atoms with van der Waals surface area (Å²) >= 11 is 1.33. The molecule has 0 aromatic carbocycles. The molecule has 17 heavy (non-hydrogen) atoms. The van der Waals surface area contributed by atoms with Gasteiger partial charge in [-0.25, -0.2) is 4.79 Å². The van der Waals surface area contributed by atoms with Gasteiger partial charge in [0, 0.05) is 10.8 Å². The molecule has 0 fully saturated rings. The van der Waals surface area contributed by atoms with Crippen LogP contribution in [0.25, 0.3) is 0 Å². The number of aryl methyl sites for hydroxylation is 1. The number of rotatable bonds is 4. The van der Waals surface area contributed by atoms with Crippen LogP contribution in [0.3, 0.4) is 0 Å². The van der Waals surface area contributed by atoms with E-state index in [1.165, 1.54) is 11.3 Å². The fourth-order valence-corrected chi connectivity index (χ4v) is 2.71. The summed E-state index contributed by atoms with van der Waals surface area (Å²) in [7, 11) is 0. The molecule has 1 aromatic rings. The van der Waals surface area contributed by atoms with Gasteiger partial charge in [-0.05, 0) is 18.9 Å². The lowest BCUT2D eigenvalue weighted by Crippen LogP contribution is -2.18. The maximum absolute atomic E-state index is 11.6. The highest BCUT2D eigenvalue weighted by Crippen LogP contribution is 2.33. The summed E-state index contributed by atoms with van der Waals surface area (Å²) in [4.78, 5) is 23.8. The van der Waals surface area contributed by atoms with Gasteiger partial charge in [0.15, 0.2) is 0 Å². The zero-order chi connectivity index (χ0) is 13.2. The smallest absolute Gasteiger partial charge is 0.339 e. The second-order valence-corrected chi connectivity index (χ2v) is 5.37. The first kappa shape index (κ1) is 13.7. The number of carboxylic acids is 1. The van der Waals surface area contributed by atoms with Crippen molar-refractivity contribution >= 4 is 28.2 Å². The number of nitrogens with one attached hydrogen (secondary N) is 1. The molecule has 5 heteroatoms. The third kappa shape index (κ3) is 2.85. The van der Waals surface area contributed by atoms with E-state index in [2.05, 4.69) is 5.32 Å². The van der Waals surface area contributed by atoms with E-state index in [1.807, 2.05) is 13.8 Å². The predicted octanol–water partition coefficient (Wildman–Crippen LogP) is 2.91. The normalized spacial score (nSPS) is 10.6. The molecule has 1 aromatic heterocycles. The summed E-state index contributed by atoms with van der Waals surface area (Å²) < 4.78 is 0. The van der Waals surface area contributed by atoms with Crippen molar-refractivity contribution in [1.29, 1.82) is 0 Å². The van der Waals surface area contributed by atoms with Gasteiger partial charge in [-0.2, -0.15) is 0 Å². The highest BCUT2D eigenvalue weighted by Gasteiger charge is 2.22. The molecule has 0 aliphatic heterocycles. The molecule has 0 aliphatic rings. The zero-order valence-corrected chi connectivity index (χ0v) is 11.3. The van der Waals surface area contributed by atoms with Gasteiger partial charge in [-0.1, -0.05) is 20.8 Å². The summed E-state index contributed by atoms with van der Waals surface area (Å²) in [6.45, 7) is 7.34. The van der Waals surface area contributed by atoms with Crippen LogP contribution in [0.2, 0.25) is 0 Å². The number of anilines is 1. The Kier molecular flexibility index (Phi) is 4.28. The molecular weight excluding hydrogens is 238 g/mol. The summed E-state index contributed by atoms with van der Waals surface area (Å²) in [5.74, 6) is -1.30. The van der Waals surface area contributed by atoms with Crippen LogP contribution < -0.4 is 5.32 Å². The fraction of sp³-hybridized carbons (Fsp3) is 0.500. The van der Waals surface area contributed by atoms with Crippen molar-refractivity contribution in [2.45, 2.75) is 34.1 Å². The van der Waals surface area contributed by atoms with Gasteiger partial charge in [0.1, 0.15) is 5.00 Å². The first-order chi connectivity index (χ1) is 7.88. The van der Waals surface area contributed by atoms with Crippen LogP contribution in [-0.4, -0.2) is 17.0 Å². The first-order valence-electron chi connectivity index (χ1n) is 5.54. The third-order valence-corrected chi connectivity index (χ3v) is 3.60. The van der Waals surface area contributed by atoms with E-state index in [4.69, 9.17) is 0 Å². The molecule has 4 nitrogen and oxygen atoms in total. The Morgan fingerprint density at radius 3 is 2.41 bits per heavy atom. The molecule has 1 rings (SSSR count). The molecule has 2 N–H and O–H groups in total. The Morgan fingerprint density at radius 2 is 2.00 bits per heavy atom. The maximum Gasteiger partial charge on any atom is 0.339 e. The molecule has 0 radical (unpaired) electrons. The monoisotopic (exact) mass is 255 g/mol. The number of carboxylic acid groups (broad SMARTS) is 1. The van der Waals surface area contributed by atoms with E-state index < -0.39 is 5.97 Å². The van der Waals surface area contributed by atoms with E-state index in [1.54, 1.807) is 13.8 Å². The van der Waals surface area contributed by atoms with E-state index >= 15 is 0 Å². The van der Waals surface area contributed by atoms with Crippen molar-refractivity contribution < 1.29 is 14.7 Å². The van der Waals surface area contributed by atoms with Crippen molar-refractivity contribution in [2.75, 3.05) is 5.32 Å². The predicted molar refractivity (Wildman–Crippen MR) is 68.9 cm³/mol. The average Bonchev–Trinajstić information content (AvgIpc) is 2.53. The fourth-order valence-electron chi connectivity index (χ4n) is 1.57. The van der Waals surface area contributed by atoms with Gasteiger partial charge < -0.3 is 10.4 Å². The minimum atomic E-state index is -0.981. The largest absolute Gasteiger partial charge is 0.478 e. The van der Waals surface area contributed by atoms with Crippen LogP contribution >= 0.6 is 11.3 Å². The standard InChI is InChI=1S/C12H17NO3S/c1-5-8-7(4)17-11(9(8)12(15)16)13-10(14)6(2)3/h6H,5H2,1-4H3,(H,13,14)(H,15,16). The Labute approximate surface area is 105 Å². The molecule has 0 saturated carbocycles. The van der Waals surface area contributed by atoms with Gasteiger partial charge in [-0.3, -0.25) is 4.79 Å². The maximum atomic E-state index is 11.6. The van der Waals surface area contributed by atoms with Crippen LogP contribution in [0, 0.1) is 12.8 Å². The number of carbonyl (C=O) groups is 2. The molecule has 0 spiro atoms. The summed E-state index contributed by atoms with van der Waals surface area (Å²) in [6, 6.07) is 0. The van der Waals surface area contributed by atoms with Crippen molar-refractivity contribution in [3.8, 4) is 0 Å². The number of amides is 1. The quantitative estimate of drug-likeness (QED) is 0.869. The lowest BCUT2D eigenvalue weighted by Gasteiger charge is -2.07. The lowest BCUT2D eigenvalue weighted by atomic mass is 10.1. The minimum absolute atomic E-state index is 0.156. The van der Waals surface area contributed by atoms with Crippen molar-refractivity contribution in [1.82, 2.24) is 0 Å². The summed E-state index contributed by atoms with van der Waals surface area (Å²) in [6.07, 6.45) is 0.654. The van der Waals surface area contributed by atoms with Gasteiger partial charge in [0.05, 0.1) is 5.56 Å². The van der Waals surface area contributed by atoms with E-state index in [9.17, 15) is 14.7 Å². The number of aromatic carboxylic acids is 1. The van der Waals surface area contributed by atoms with Crippen molar-refractivity contribution in [2.24, 2.45) is 5.92 Å². The van der Waals surface area contributed by atoms with E-state index in [-0.39, 0.29) is 17.4 Å². The molecule has 94 valence electrons. The molecule has 0 bridgehead atoms. The molecule has 1 amide bonds. The van der Waals surface area contributed by atoms with Gasteiger partial charge >= 0.3 is 5.97 Å². The Hall–Kier alpha value is -1.36. The van der Waals surface area contributed by atoms with E-state index in [0.717, 1.165) is 10.4 Å². The van der Waals surface area contributed by atoms with Crippen LogP contribution in [0.1, 0.15) is 41.6 Å². The lowest BCUT2D eigenvalue weighted by molar-refractivity contribution is -0.118. The van der Waals surface area contributed by atoms with E-state index in [0.29, 0.717) is 11.4 Å². The third-order valence-electron chi connectivity index (χ3n) is 2.54. The number of hydrogen-bond acceptors (Lipinski definition) is 3.